The summed E-state index contributed by atoms with van der Waals surface area (Å²) < 4.78 is 10.5. The van der Waals surface area contributed by atoms with Crippen LogP contribution in [0.5, 0.6) is 5.75 Å². The van der Waals surface area contributed by atoms with Gasteiger partial charge in [0.1, 0.15) is 5.75 Å². The highest BCUT2D eigenvalue weighted by atomic mass is 16.5. The van der Waals surface area contributed by atoms with Gasteiger partial charge in [-0.15, -0.1) is 0 Å². The molecule has 2 aromatic carbocycles. The van der Waals surface area contributed by atoms with E-state index in [1.54, 1.807) is 0 Å². The molecule has 3 rings (SSSR count). The summed E-state index contributed by atoms with van der Waals surface area (Å²) in [6.07, 6.45) is 3.09. The Labute approximate surface area is 153 Å². The number of hydrogen-bond donors (Lipinski definition) is 1. The van der Waals surface area contributed by atoms with Crippen molar-refractivity contribution in [3.05, 3.63) is 65.7 Å². The maximum atomic E-state index is 12.1. The number of para-hydroxylation sites is 1. The number of amides is 1. The molecule has 0 heterocycles. The monoisotopic (exact) mass is 353 g/mol. The number of hydrogen-bond acceptors (Lipinski definition) is 4. The van der Waals surface area contributed by atoms with Crippen LogP contribution in [0.25, 0.3) is 0 Å². The minimum absolute atomic E-state index is 0.00688. The molecular weight excluding hydrogens is 330 g/mol. The minimum Gasteiger partial charge on any atom is -0.493 e. The van der Waals surface area contributed by atoms with Crippen LogP contribution in [0.4, 0.5) is 0 Å². The minimum atomic E-state index is -0.444. The van der Waals surface area contributed by atoms with E-state index in [9.17, 15) is 9.59 Å². The van der Waals surface area contributed by atoms with Gasteiger partial charge in [0.05, 0.1) is 19.1 Å². The van der Waals surface area contributed by atoms with E-state index in [0.717, 1.165) is 24.8 Å². The van der Waals surface area contributed by atoms with Crippen LogP contribution in [-0.4, -0.2) is 25.1 Å². The molecule has 1 aliphatic carbocycles. The summed E-state index contributed by atoms with van der Waals surface area (Å²) in [6.45, 7) is -0.0384. The second kappa shape index (κ2) is 9.04. The van der Waals surface area contributed by atoms with Crippen LogP contribution in [0.2, 0.25) is 0 Å². The smallest absolute Gasteiger partial charge is 0.309 e. The summed E-state index contributed by atoms with van der Waals surface area (Å²) in [6, 6.07) is 17.4. The average Bonchev–Trinajstić information content (AvgIpc) is 2.67. The van der Waals surface area contributed by atoms with Crippen molar-refractivity contribution in [1.82, 2.24) is 5.32 Å². The Hall–Kier alpha value is -2.82. The third kappa shape index (κ3) is 5.09. The second-order valence-corrected chi connectivity index (χ2v) is 6.28. The van der Waals surface area contributed by atoms with Crippen molar-refractivity contribution in [3.8, 4) is 5.75 Å². The third-order valence-corrected chi connectivity index (χ3v) is 4.39. The van der Waals surface area contributed by atoms with Gasteiger partial charge in [-0.3, -0.25) is 9.59 Å². The number of rotatable bonds is 7. The van der Waals surface area contributed by atoms with Crippen LogP contribution in [0, 0.1) is 0 Å². The number of nitrogens with one attached hydrogen (secondary N) is 1. The summed E-state index contributed by atoms with van der Waals surface area (Å²) in [5.74, 6) is -0.0156. The number of fused-ring (bicyclic) bond motifs is 1. The van der Waals surface area contributed by atoms with Crippen molar-refractivity contribution < 1.29 is 19.1 Å². The first kappa shape index (κ1) is 18.0. The molecule has 0 saturated heterocycles. The fourth-order valence-corrected chi connectivity index (χ4v) is 3.13. The Morgan fingerprint density at radius 2 is 1.81 bits per heavy atom. The molecule has 1 N–H and O–H groups in total. The lowest BCUT2D eigenvalue weighted by Gasteiger charge is -2.26. The van der Waals surface area contributed by atoms with Crippen LogP contribution >= 0.6 is 0 Å². The Kier molecular flexibility index (Phi) is 6.25. The number of carbonyl (C=O) groups excluding carboxylic acids is 2. The van der Waals surface area contributed by atoms with E-state index in [0.29, 0.717) is 5.75 Å². The number of ether oxygens (including phenoxy) is 2. The molecule has 136 valence electrons. The van der Waals surface area contributed by atoms with Crippen LogP contribution in [-0.2, 0) is 20.7 Å². The Bertz CT molecular complexity index is 745. The van der Waals surface area contributed by atoms with Gasteiger partial charge in [-0.25, -0.2) is 0 Å². The average molecular weight is 353 g/mol. The Morgan fingerprint density at radius 1 is 1.04 bits per heavy atom. The van der Waals surface area contributed by atoms with Crippen LogP contribution in [0.15, 0.2) is 54.6 Å². The van der Waals surface area contributed by atoms with Gasteiger partial charge in [-0.1, -0.05) is 42.5 Å². The zero-order valence-electron chi connectivity index (χ0n) is 14.6. The number of benzene rings is 2. The Morgan fingerprint density at radius 3 is 2.65 bits per heavy atom. The van der Waals surface area contributed by atoms with Gasteiger partial charge >= 0.3 is 5.97 Å². The van der Waals surface area contributed by atoms with Crippen molar-refractivity contribution in [1.29, 1.82) is 0 Å². The lowest BCUT2D eigenvalue weighted by molar-refractivity contribution is -0.149. The Balaban J connectivity index is 1.38. The summed E-state index contributed by atoms with van der Waals surface area (Å²) in [7, 11) is 0. The molecule has 0 aromatic heterocycles. The molecule has 5 nitrogen and oxygen atoms in total. The molecule has 2 aromatic rings. The van der Waals surface area contributed by atoms with E-state index in [1.807, 2.05) is 48.5 Å². The number of esters is 1. The summed E-state index contributed by atoms with van der Waals surface area (Å²) in [5, 5.41) is 2.96. The zero-order valence-corrected chi connectivity index (χ0v) is 14.6. The molecular formula is C21H23NO4. The fourth-order valence-electron chi connectivity index (χ4n) is 3.13. The molecule has 0 saturated carbocycles. The highest BCUT2D eigenvalue weighted by Crippen LogP contribution is 2.29. The molecule has 0 unspecified atom stereocenters. The van der Waals surface area contributed by atoms with E-state index in [2.05, 4.69) is 11.4 Å². The third-order valence-electron chi connectivity index (χ3n) is 4.39. The maximum absolute atomic E-state index is 12.1. The van der Waals surface area contributed by atoms with Gasteiger partial charge in [-0.05, 0) is 42.5 Å². The van der Waals surface area contributed by atoms with E-state index < -0.39 is 5.97 Å². The van der Waals surface area contributed by atoms with Crippen molar-refractivity contribution >= 4 is 11.9 Å². The van der Waals surface area contributed by atoms with Crippen molar-refractivity contribution in [2.24, 2.45) is 0 Å². The first-order chi connectivity index (χ1) is 12.7. The molecule has 5 heteroatoms. The van der Waals surface area contributed by atoms with Crippen LogP contribution < -0.4 is 10.1 Å². The first-order valence-electron chi connectivity index (χ1n) is 8.93. The largest absolute Gasteiger partial charge is 0.493 e. The first-order valence-corrected chi connectivity index (χ1v) is 8.93. The molecule has 0 aliphatic heterocycles. The predicted molar refractivity (Wildman–Crippen MR) is 97.8 cm³/mol. The lowest BCUT2D eigenvalue weighted by Crippen LogP contribution is -2.34. The highest BCUT2D eigenvalue weighted by Gasteiger charge is 2.21. The highest BCUT2D eigenvalue weighted by molar-refractivity contribution is 5.81. The summed E-state index contributed by atoms with van der Waals surface area (Å²) >= 11 is 0. The number of aryl methyl sites for hydroxylation is 1. The molecule has 1 amide bonds. The fraction of sp³-hybridized carbons (Fsp3) is 0.333. The summed E-state index contributed by atoms with van der Waals surface area (Å²) in [4.78, 5) is 23.8. The van der Waals surface area contributed by atoms with E-state index in [4.69, 9.17) is 9.47 Å². The molecule has 26 heavy (non-hydrogen) atoms. The quantitative estimate of drug-likeness (QED) is 0.777. The SMILES string of the molecule is O=C(COC(=O)CCOc1ccccc1)N[C@H]1CCCc2ccccc21. The van der Waals surface area contributed by atoms with Gasteiger partial charge < -0.3 is 14.8 Å². The van der Waals surface area contributed by atoms with Gasteiger partial charge in [-0.2, -0.15) is 0 Å². The van der Waals surface area contributed by atoms with Crippen molar-refractivity contribution in [3.63, 3.8) is 0 Å². The topological polar surface area (TPSA) is 64.6 Å². The predicted octanol–water partition coefficient (Wildman–Crippen LogP) is 3.19. The standard InChI is InChI=1S/C21H23NO4/c23-20(22-19-12-6-8-16-7-4-5-11-18(16)19)15-26-21(24)13-14-25-17-9-2-1-3-10-17/h1-5,7,9-11,19H,6,8,12-15H2,(H,22,23)/t19-/m0/s1. The number of carbonyl (C=O) groups is 2. The van der Waals surface area contributed by atoms with E-state index in [-0.39, 0.29) is 31.6 Å². The van der Waals surface area contributed by atoms with Gasteiger partial charge in [0, 0.05) is 0 Å². The van der Waals surface area contributed by atoms with Crippen molar-refractivity contribution in [2.45, 2.75) is 31.7 Å². The molecule has 0 fully saturated rings. The van der Waals surface area contributed by atoms with Crippen LogP contribution in [0.3, 0.4) is 0 Å². The van der Waals surface area contributed by atoms with Gasteiger partial charge in [0.15, 0.2) is 6.61 Å². The second-order valence-electron chi connectivity index (χ2n) is 6.28. The van der Waals surface area contributed by atoms with Crippen molar-refractivity contribution in [2.75, 3.05) is 13.2 Å². The van der Waals surface area contributed by atoms with Crippen LogP contribution in [0.1, 0.15) is 36.4 Å². The maximum Gasteiger partial charge on any atom is 0.309 e. The van der Waals surface area contributed by atoms with E-state index >= 15 is 0 Å². The normalized spacial score (nSPS) is 15.6. The van der Waals surface area contributed by atoms with Gasteiger partial charge in [0.25, 0.3) is 5.91 Å². The van der Waals surface area contributed by atoms with Gasteiger partial charge in [0.2, 0.25) is 0 Å². The van der Waals surface area contributed by atoms with E-state index in [1.165, 1.54) is 5.56 Å². The molecule has 0 spiro atoms. The molecule has 0 radical (unpaired) electrons. The molecule has 1 atom stereocenters. The lowest BCUT2D eigenvalue weighted by atomic mass is 9.88. The zero-order chi connectivity index (χ0) is 18.2. The summed E-state index contributed by atoms with van der Waals surface area (Å²) in [5.41, 5.74) is 2.44. The molecule has 1 aliphatic rings. The molecule has 0 bridgehead atoms.